The molecule has 0 unspecified atom stereocenters. The predicted molar refractivity (Wildman–Crippen MR) is 322 cm³/mol. The van der Waals surface area contributed by atoms with Crippen LogP contribution in [0.1, 0.15) is 0 Å². The van der Waals surface area contributed by atoms with E-state index < -0.39 is 0 Å². The zero-order valence-electron chi connectivity index (χ0n) is 59.1. The van der Waals surface area contributed by atoms with Gasteiger partial charge in [-0.05, 0) is 88.7 Å². The molecule has 0 atom stereocenters. The first-order valence-corrected chi connectivity index (χ1v) is 26.3. The maximum Gasteiger partial charge on any atom is 0.227 e. The Morgan fingerprint density at radius 1 is 0.0758 bits per heavy atom. The molecule has 0 heterocycles. The second kappa shape index (κ2) is 104. The fourth-order valence-electron chi connectivity index (χ4n) is 2.30. The second-order valence-electron chi connectivity index (χ2n) is 11.7. The van der Waals surface area contributed by atoms with Crippen molar-refractivity contribution in [2.24, 2.45) is 674 Å². The van der Waals surface area contributed by atoms with Crippen molar-refractivity contribution in [2.45, 2.75) is 0 Å². The van der Waals surface area contributed by atoms with Crippen molar-refractivity contribution in [2.75, 3.05) is 0 Å². The van der Waals surface area contributed by atoms with Crippen LogP contribution in [0.25, 0.3) is 0 Å². The van der Waals surface area contributed by atoms with Crippen molar-refractivity contribution in [1.82, 2.24) is 0 Å². The molecule has 0 saturated heterocycles. The summed E-state index contributed by atoms with van der Waals surface area (Å²) in [5.74, 6) is 0. The summed E-state index contributed by atoms with van der Waals surface area (Å²) in [6, 6.07) is 0. The summed E-state index contributed by atoms with van der Waals surface area (Å²) in [4.78, 5) is 0. The molecular weight excluding hydrogens is 1850 g/mol. The molecule has 0 aliphatic rings. The Labute approximate surface area is 690 Å². The third kappa shape index (κ3) is 103. The number of rotatable bonds is 64. The van der Waals surface area contributed by atoms with Crippen molar-refractivity contribution in [3.63, 3.8) is 0 Å². The first-order chi connectivity index (χ1) is 65.9. The number of nitrogens with one attached hydrogen (secondary N) is 1. The summed E-state index contributed by atoms with van der Waals surface area (Å²) in [6.45, 7) is 0. The molecule has 0 saturated carbocycles. The SMILES string of the molecule is N#CN=NN=NN=NN=NN=NN=NN=NN=NN=NN=NN=NN=NN=NN=NN=NN=NN=NN=NN=NN=NN=NN=NN=NN=NN=NN=NN=NN=NN=NN=NN=NN=NN=NN=NN=NN=NN=NN=NN=NN=NN=NN=NN=NN=NN=NN=NN=NN=NN=NN=NN=NN=NN=NN=NN=NN=NN=NN=NN=NN=NN=NN=NN=NN=NN=N. The van der Waals surface area contributed by atoms with Gasteiger partial charge in [0.05, 0.1) is 0 Å². The molecule has 1 N–H and O–H groups in total. The molecular formula is CHN131. The van der Waals surface area contributed by atoms with E-state index in [1.54, 1.807) is 0 Å². The highest BCUT2D eigenvalue weighted by Crippen LogP contribution is 2.01. The van der Waals surface area contributed by atoms with Crippen molar-refractivity contribution in [1.29, 1.82) is 10.8 Å². The summed E-state index contributed by atoms with van der Waals surface area (Å²) in [5, 5.41) is 393. The van der Waals surface area contributed by atoms with Crippen LogP contribution in [0.5, 0.6) is 0 Å². The maximum absolute atomic E-state index is 8.04. The van der Waals surface area contributed by atoms with E-state index in [0.29, 0.717) is 0 Å². The molecule has 0 aliphatic heterocycles. The lowest BCUT2D eigenvalue weighted by atomic mass is 11.5. The van der Waals surface area contributed by atoms with E-state index in [9.17, 15) is 0 Å². The minimum Gasteiger partial charge on any atom is -0.183 e. The first kappa shape index (κ1) is 105. The highest BCUT2D eigenvalue weighted by Gasteiger charge is 1.83. The van der Waals surface area contributed by atoms with Crippen LogP contribution in [0.15, 0.2) is 674 Å². The van der Waals surface area contributed by atoms with Gasteiger partial charge in [0.2, 0.25) is 6.19 Å². The van der Waals surface area contributed by atoms with E-state index in [4.69, 9.17) is 10.8 Å². The predicted octanol–water partition coefficient (Wildman–Crippen LogP) is 24.0. The average molecular weight is 1850 g/mol. The standard InChI is InChI=1S/CHN131/c2-1-4-6-8-10-12-14-16-18-20-22-24-26-28-30-32-34-36-38-40-42-44-46-48-50-52-54-56-58-60-62-64-66-68-70-72-74-76-78-80-82-84-86-88-90-92-94-96-98-100-102-104-106-108-110-112-114-116-118-120-122-124-126-128-130-132-131-129-127-125-123-121-119-117-115-113-111-109-107-105-103-101-99-97-95-93-91-89-87-85-83-81-79-77-75-73-71-69-67-65-63-61-59-57-55-53-51-49-47-45-43-41-39-37-35-33-31-29-27-25-23-21-19-17-15-13-11-9-7-5-3/h3H. The third-order valence-corrected chi connectivity index (χ3v) is 5.17. The molecule has 0 radical (unpaired) electrons. The normalized spacial score (nSPS) is 15.6. The van der Waals surface area contributed by atoms with Crippen LogP contribution in [0.2, 0.25) is 0 Å². The first-order valence-electron chi connectivity index (χ1n) is 26.3. The van der Waals surface area contributed by atoms with E-state index in [1.807, 2.05) is 0 Å². The Hall–Kier alpha value is -26.5. The zero-order valence-corrected chi connectivity index (χ0v) is 59.1. The molecule has 0 amide bonds. The van der Waals surface area contributed by atoms with Gasteiger partial charge in [-0.25, -0.2) is 0 Å². The largest absolute Gasteiger partial charge is 0.227 e. The Morgan fingerprint density at radius 3 is 0.167 bits per heavy atom. The molecule has 131 nitrogen and oxygen atoms in total. The van der Waals surface area contributed by atoms with Gasteiger partial charge in [-0.3, -0.25) is 0 Å². The molecule has 0 rings (SSSR count). The van der Waals surface area contributed by atoms with Crippen molar-refractivity contribution < 1.29 is 0 Å². The fourth-order valence-corrected chi connectivity index (χ4v) is 2.30. The van der Waals surface area contributed by atoms with Crippen molar-refractivity contribution in [3.05, 3.63) is 0 Å². The molecule has 0 fully saturated rings. The van der Waals surface area contributed by atoms with Crippen LogP contribution < -0.4 is 0 Å². The van der Waals surface area contributed by atoms with Gasteiger partial charge >= 0.3 is 0 Å². The Bertz CT molecular complexity index is 4890. The highest BCUT2D eigenvalue weighted by molar-refractivity contribution is 4.56. The lowest BCUT2D eigenvalue weighted by molar-refractivity contribution is 0.722. The van der Waals surface area contributed by atoms with Crippen molar-refractivity contribution in [3.8, 4) is 6.19 Å². The molecule has 0 aromatic heterocycles. The average Bonchev–Trinajstić information content (AvgIpc) is 1.11. The smallest absolute Gasteiger partial charge is 0.183 e. The van der Waals surface area contributed by atoms with Crippen molar-refractivity contribution >= 4 is 0 Å². The Morgan fingerprint density at radius 2 is 0.121 bits per heavy atom. The number of nitriles is 1. The molecule has 0 aromatic rings. The fraction of sp³-hybridized carbons (Fsp3) is 0. The van der Waals surface area contributed by atoms with Crippen LogP contribution in [0.3, 0.4) is 0 Å². The Balaban J connectivity index is 4.14. The van der Waals surface area contributed by atoms with Gasteiger partial charge < -0.3 is 0 Å². The monoisotopic (exact) mass is 1850 g/mol. The molecule has 0 aromatic carbocycles. The van der Waals surface area contributed by atoms with Gasteiger partial charge in [-0.1, -0.05) is 0 Å². The topological polar surface area (TPSA) is 1640 Å². The van der Waals surface area contributed by atoms with E-state index in [1.165, 1.54) is 6.19 Å². The minimum absolute atomic E-state index is 1.31. The molecule has 660 valence electrons. The zero-order chi connectivity index (χ0) is 93.9. The molecule has 0 aliphatic carbocycles. The number of hydrogen-bond donors (Lipinski definition) is 1. The number of nitrogens with zero attached hydrogens (tertiary/aromatic N) is 130. The molecule has 0 spiro atoms. The lowest BCUT2D eigenvalue weighted by Gasteiger charge is -1.71. The summed E-state index contributed by atoms with van der Waals surface area (Å²) in [5.41, 5.74) is 6.27. The van der Waals surface area contributed by atoms with E-state index in [2.05, 4.69) is 674 Å². The van der Waals surface area contributed by atoms with Gasteiger partial charge in [0, 0.05) is 585 Å². The third-order valence-electron chi connectivity index (χ3n) is 5.17. The Kier molecular flexibility index (Phi) is 83.5. The maximum atomic E-state index is 8.04. The van der Waals surface area contributed by atoms with Gasteiger partial charge in [0.25, 0.3) is 0 Å². The minimum atomic E-state index is 1.31. The second-order valence-corrected chi connectivity index (χ2v) is 11.7. The van der Waals surface area contributed by atoms with Gasteiger partial charge in [-0.15, -0.1) is 0 Å². The van der Waals surface area contributed by atoms with Crippen LogP contribution in [0, 0.1) is 17.0 Å². The molecule has 132 heavy (non-hydrogen) atoms. The summed E-state index contributed by atoms with van der Waals surface area (Å²) in [6.07, 6.45) is 1.31. The molecule has 131 heteroatoms. The van der Waals surface area contributed by atoms with Gasteiger partial charge in [0.15, 0.2) is 0 Å². The quantitative estimate of drug-likeness (QED) is 0.0346. The van der Waals surface area contributed by atoms with Crippen LogP contribution in [-0.2, 0) is 0 Å². The van der Waals surface area contributed by atoms with Gasteiger partial charge in [-0.2, -0.15) is 10.8 Å². The van der Waals surface area contributed by atoms with E-state index in [0.717, 1.165) is 0 Å². The van der Waals surface area contributed by atoms with Crippen LogP contribution >= 0.6 is 0 Å². The van der Waals surface area contributed by atoms with E-state index >= 15 is 0 Å². The van der Waals surface area contributed by atoms with E-state index in [-0.39, 0.29) is 0 Å². The summed E-state index contributed by atoms with van der Waals surface area (Å²) in [7, 11) is 0. The highest BCUT2D eigenvalue weighted by atomic mass is 15.8. The summed E-state index contributed by atoms with van der Waals surface area (Å²) < 4.78 is 0. The summed E-state index contributed by atoms with van der Waals surface area (Å²) >= 11 is 0. The van der Waals surface area contributed by atoms with Crippen LogP contribution in [-0.4, -0.2) is 0 Å². The van der Waals surface area contributed by atoms with Crippen LogP contribution in [0.4, 0.5) is 0 Å². The number of hydrogen-bond acceptors (Lipinski definition) is 3. The molecule has 0 bridgehead atoms. The van der Waals surface area contributed by atoms with Gasteiger partial charge in [0.1, 0.15) is 0 Å². The lowest BCUT2D eigenvalue weighted by Crippen LogP contribution is -1.52.